The molecule has 0 atom stereocenters. The highest BCUT2D eigenvalue weighted by molar-refractivity contribution is 9.10. The minimum absolute atomic E-state index is 0.168. The second kappa shape index (κ2) is 7.85. The van der Waals surface area contributed by atoms with E-state index >= 15 is 0 Å². The van der Waals surface area contributed by atoms with Gasteiger partial charge in [0, 0.05) is 28.3 Å². The van der Waals surface area contributed by atoms with E-state index in [-0.39, 0.29) is 5.56 Å². The van der Waals surface area contributed by atoms with Crippen molar-refractivity contribution in [1.82, 2.24) is 19.5 Å². The number of hydrogen-bond acceptors (Lipinski definition) is 5. The number of benzene rings is 2. The number of nitrogens with one attached hydrogen (secondary N) is 1. The number of hydrogen-bond donors (Lipinski definition) is 1. The highest BCUT2D eigenvalue weighted by atomic mass is 79.9. The molecule has 0 spiro atoms. The van der Waals surface area contributed by atoms with Crippen molar-refractivity contribution in [3.63, 3.8) is 0 Å². The Morgan fingerprint density at radius 3 is 2.57 bits per heavy atom. The van der Waals surface area contributed by atoms with Crippen molar-refractivity contribution in [1.29, 1.82) is 0 Å². The van der Waals surface area contributed by atoms with Gasteiger partial charge in [0.1, 0.15) is 0 Å². The fraction of sp³-hybridized carbons (Fsp3) is 0.286. The van der Waals surface area contributed by atoms with Gasteiger partial charge < -0.3 is 10.2 Å². The Kier molecular flexibility index (Phi) is 5.28. The average Bonchev–Trinajstić information content (AvgIpc) is 2.72. The minimum atomic E-state index is -0.168. The lowest BCUT2D eigenvalue weighted by Crippen LogP contribution is -2.29. The van der Waals surface area contributed by atoms with Gasteiger partial charge in [0.2, 0.25) is 0 Å². The van der Waals surface area contributed by atoms with E-state index in [4.69, 9.17) is 4.98 Å². The SMILES string of the molecule is CCN(CC)CCNc1nn2c(=O)c3cc(Br)ccc3nc2c2ccccc12. The van der Waals surface area contributed by atoms with Crippen molar-refractivity contribution in [3.05, 3.63) is 57.3 Å². The van der Waals surface area contributed by atoms with E-state index in [1.54, 1.807) is 6.07 Å². The van der Waals surface area contributed by atoms with Crippen LogP contribution in [0.2, 0.25) is 0 Å². The zero-order valence-electron chi connectivity index (χ0n) is 15.9. The maximum absolute atomic E-state index is 13.1. The number of nitrogens with zero attached hydrogens (tertiary/aromatic N) is 4. The number of anilines is 1. The molecule has 0 aliphatic rings. The van der Waals surface area contributed by atoms with Crippen molar-refractivity contribution in [2.75, 3.05) is 31.5 Å². The molecule has 2 aromatic heterocycles. The molecule has 28 heavy (non-hydrogen) atoms. The molecule has 0 aliphatic carbocycles. The molecule has 0 radical (unpaired) electrons. The lowest BCUT2D eigenvalue weighted by molar-refractivity contribution is 0.316. The molecule has 0 saturated heterocycles. The summed E-state index contributed by atoms with van der Waals surface area (Å²) in [5.41, 5.74) is 1.07. The summed E-state index contributed by atoms with van der Waals surface area (Å²) >= 11 is 3.43. The fourth-order valence-electron chi connectivity index (χ4n) is 3.46. The molecule has 4 rings (SSSR count). The molecular weight excluding hydrogens is 418 g/mol. The molecule has 2 aromatic carbocycles. The third-order valence-corrected chi connectivity index (χ3v) is 5.54. The van der Waals surface area contributed by atoms with E-state index in [1.165, 1.54) is 4.52 Å². The van der Waals surface area contributed by atoms with Gasteiger partial charge >= 0.3 is 0 Å². The molecule has 0 aliphatic heterocycles. The first-order chi connectivity index (χ1) is 13.6. The van der Waals surface area contributed by atoms with E-state index in [9.17, 15) is 4.79 Å². The van der Waals surface area contributed by atoms with E-state index in [1.807, 2.05) is 36.4 Å². The summed E-state index contributed by atoms with van der Waals surface area (Å²) in [5.74, 6) is 0.702. The van der Waals surface area contributed by atoms with Gasteiger partial charge in [0.25, 0.3) is 5.56 Å². The number of aromatic nitrogens is 3. The smallest absolute Gasteiger partial charge is 0.282 e. The lowest BCUT2D eigenvalue weighted by atomic mass is 10.1. The van der Waals surface area contributed by atoms with E-state index < -0.39 is 0 Å². The number of halogens is 1. The Hall–Kier alpha value is -2.51. The first-order valence-corrected chi connectivity index (χ1v) is 10.3. The van der Waals surface area contributed by atoms with Gasteiger partial charge in [0.05, 0.1) is 10.9 Å². The molecule has 4 aromatic rings. The van der Waals surface area contributed by atoms with Gasteiger partial charge in [-0.25, -0.2) is 4.98 Å². The molecule has 0 saturated carbocycles. The molecule has 0 unspecified atom stereocenters. The standard InChI is InChI=1S/C21H22BrN5O/c1-3-26(4-2)12-11-23-19-15-7-5-6-8-16(15)20-24-18-10-9-14(22)13-17(18)21(28)27(20)25-19/h5-10,13H,3-4,11-12H2,1-2H3,(H,23,25). The van der Waals surface area contributed by atoms with Gasteiger partial charge in [-0.05, 0) is 31.3 Å². The van der Waals surface area contributed by atoms with Gasteiger partial charge in [0.15, 0.2) is 11.5 Å². The van der Waals surface area contributed by atoms with E-state index in [0.717, 1.165) is 41.4 Å². The fourth-order valence-corrected chi connectivity index (χ4v) is 3.82. The molecule has 1 N–H and O–H groups in total. The van der Waals surface area contributed by atoms with Crippen LogP contribution < -0.4 is 10.9 Å². The van der Waals surface area contributed by atoms with Crippen molar-refractivity contribution in [3.8, 4) is 0 Å². The van der Waals surface area contributed by atoms with Crippen LogP contribution in [0.4, 0.5) is 5.82 Å². The summed E-state index contributed by atoms with van der Waals surface area (Å²) in [5, 5.41) is 10.5. The first-order valence-electron chi connectivity index (χ1n) is 9.49. The zero-order chi connectivity index (χ0) is 19.7. The Morgan fingerprint density at radius 2 is 1.82 bits per heavy atom. The van der Waals surface area contributed by atoms with Gasteiger partial charge in [-0.15, -0.1) is 5.10 Å². The number of rotatable bonds is 6. The largest absolute Gasteiger partial charge is 0.367 e. The Bertz CT molecular complexity index is 1220. The van der Waals surface area contributed by atoms with E-state index in [0.29, 0.717) is 22.4 Å². The highest BCUT2D eigenvalue weighted by Crippen LogP contribution is 2.25. The second-order valence-corrected chi connectivity index (χ2v) is 7.58. The quantitative estimate of drug-likeness (QED) is 0.364. The van der Waals surface area contributed by atoms with Gasteiger partial charge in [-0.1, -0.05) is 54.0 Å². The van der Waals surface area contributed by atoms with Crippen molar-refractivity contribution < 1.29 is 0 Å². The van der Waals surface area contributed by atoms with Gasteiger partial charge in [-0.3, -0.25) is 4.79 Å². The number of likely N-dealkylation sites (N-methyl/N-ethyl adjacent to an activating group) is 1. The van der Waals surface area contributed by atoms with Crippen molar-refractivity contribution in [2.24, 2.45) is 0 Å². The molecule has 144 valence electrons. The summed E-state index contributed by atoms with van der Waals surface area (Å²) in [6, 6.07) is 13.5. The molecule has 0 amide bonds. The Morgan fingerprint density at radius 1 is 1.07 bits per heavy atom. The van der Waals surface area contributed by atoms with Crippen LogP contribution in [0.3, 0.4) is 0 Å². The van der Waals surface area contributed by atoms with Crippen LogP contribution in [0, 0.1) is 0 Å². The monoisotopic (exact) mass is 439 g/mol. The predicted octanol–water partition coefficient (Wildman–Crippen LogP) is 3.91. The second-order valence-electron chi connectivity index (χ2n) is 6.66. The Labute approximate surface area is 171 Å². The normalized spacial score (nSPS) is 11.7. The summed E-state index contributed by atoms with van der Waals surface area (Å²) in [4.78, 5) is 20.2. The first kappa shape index (κ1) is 18.8. The maximum atomic E-state index is 13.1. The minimum Gasteiger partial charge on any atom is -0.367 e. The molecule has 6 nitrogen and oxygen atoms in total. The lowest BCUT2D eigenvalue weighted by Gasteiger charge is -2.19. The molecular formula is C21H22BrN5O. The average molecular weight is 440 g/mol. The van der Waals surface area contributed by atoms with Crippen LogP contribution in [0.5, 0.6) is 0 Å². The molecule has 7 heteroatoms. The zero-order valence-corrected chi connectivity index (χ0v) is 17.5. The number of fused-ring (bicyclic) bond motifs is 4. The molecule has 0 bridgehead atoms. The van der Waals surface area contributed by atoms with Crippen LogP contribution in [0.1, 0.15) is 13.8 Å². The van der Waals surface area contributed by atoms with Crippen LogP contribution in [-0.4, -0.2) is 45.7 Å². The molecule has 2 heterocycles. The third-order valence-electron chi connectivity index (χ3n) is 5.05. The predicted molar refractivity (Wildman–Crippen MR) is 118 cm³/mol. The summed E-state index contributed by atoms with van der Waals surface area (Å²) in [6.45, 7) is 8.00. The van der Waals surface area contributed by atoms with E-state index in [2.05, 4.69) is 45.1 Å². The maximum Gasteiger partial charge on any atom is 0.282 e. The molecule has 0 fully saturated rings. The van der Waals surface area contributed by atoms with Crippen LogP contribution in [0.25, 0.3) is 27.3 Å². The topological polar surface area (TPSA) is 62.5 Å². The van der Waals surface area contributed by atoms with Crippen LogP contribution >= 0.6 is 15.9 Å². The van der Waals surface area contributed by atoms with Crippen molar-refractivity contribution in [2.45, 2.75) is 13.8 Å². The van der Waals surface area contributed by atoms with Gasteiger partial charge in [-0.2, -0.15) is 4.52 Å². The third kappa shape index (κ3) is 3.36. The summed E-state index contributed by atoms with van der Waals surface area (Å²) in [7, 11) is 0. The van der Waals surface area contributed by atoms with Crippen LogP contribution in [0.15, 0.2) is 51.7 Å². The highest BCUT2D eigenvalue weighted by Gasteiger charge is 2.13. The van der Waals surface area contributed by atoms with Crippen molar-refractivity contribution >= 4 is 49.1 Å². The summed E-state index contributed by atoms with van der Waals surface area (Å²) in [6.07, 6.45) is 0. The Balaban J connectivity index is 1.88. The van der Waals surface area contributed by atoms with Crippen LogP contribution in [-0.2, 0) is 0 Å². The summed E-state index contributed by atoms with van der Waals surface area (Å²) < 4.78 is 2.26.